The van der Waals surface area contributed by atoms with E-state index in [1.165, 1.54) is 25.1 Å². The van der Waals surface area contributed by atoms with Crippen molar-refractivity contribution in [2.75, 3.05) is 0 Å². The highest BCUT2D eigenvalue weighted by Crippen LogP contribution is 2.34. The van der Waals surface area contributed by atoms with E-state index >= 15 is 0 Å². The van der Waals surface area contributed by atoms with Gasteiger partial charge in [-0.1, -0.05) is 12.1 Å². The average Bonchev–Trinajstić information content (AvgIpc) is 2.47. The molecule has 0 unspecified atom stereocenters. The zero-order valence-corrected chi connectivity index (χ0v) is 10.5. The van der Waals surface area contributed by atoms with Crippen LogP contribution in [0.5, 0.6) is 5.75 Å². The van der Waals surface area contributed by atoms with Gasteiger partial charge in [0.1, 0.15) is 11.4 Å². The first-order chi connectivity index (χ1) is 9.84. The van der Waals surface area contributed by atoms with Gasteiger partial charge in [-0.3, -0.25) is 0 Å². The van der Waals surface area contributed by atoms with Crippen LogP contribution in [0, 0.1) is 36.0 Å². The molecule has 0 saturated carbocycles. The van der Waals surface area contributed by atoms with Crippen molar-refractivity contribution in [3.8, 4) is 5.75 Å². The fourth-order valence-electron chi connectivity index (χ4n) is 1.51. The van der Waals surface area contributed by atoms with Crippen molar-refractivity contribution in [2.45, 2.75) is 6.92 Å². The summed E-state index contributed by atoms with van der Waals surface area (Å²) in [5.41, 5.74) is -1.19. The number of hydrogen-bond donors (Lipinski definition) is 1. The van der Waals surface area contributed by atoms with E-state index in [1.54, 1.807) is 0 Å². The lowest BCUT2D eigenvalue weighted by Gasteiger charge is -2.04. The van der Waals surface area contributed by atoms with E-state index in [0.29, 0.717) is 5.56 Å². The van der Waals surface area contributed by atoms with Crippen LogP contribution >= 0.6 is 0 Å². The minimum Gasteiger partial charge on any atom is -0.505 e. The minimum absolute atomic E-state index is 0.168. The highest BCUT2D eigenvalue weighted by atomic mass is 19.2. The standard InChI is InChI=1S/C13H7F5N2O/c1-5-3-2-4-6(13(5)21)19-20-12-10(17)8(15)7(14)9(16)11(12)18/h2-4,21H,1H3. The third kappa shape index (κ3) is 2.56. The van der Waals surface area contributed by atoms with Crippen molar-refractivity contribution in [1.29, 1.82) is 0 Å². The molecule has 21 heavy (non-hydrogen) atoms. The van der Waals surface area contributed by atoms with E-state index in [2.05, 4.69) is 10.2 Å². The molecule has 0 amide bonds. The molecule has 0 spiro atoms. The molecule has 0 fully saturated rings. The molecule has 2 aromatic rings. The number of aryl methyl sites for hydroxylation is 1. The Labute approximate surface area is 115 Å². The summed E-state index contributed by atoms with van der Waals surface area (Å²) in [6.07, 6.45) is 0. The van der Waals surface area contributed by atoms with Crippen LogP contribution < -0.4 is 0 Å². The van der Waals surface area contributed by atoms with Crippen LogP contribution in [0.15, 0.2) is 28.4 Å². The fraction of sp³-hybridized carbons (Fsp3) is 0.0769. The van der Waals surface area contributed by atoms with Gasteiger partial charge in [-0.25, -0.2) is 22.0 Å². The summed E-state index contributed by atoms with van der Waals surface area (Å²) in [5.74, 6) is -11.0. The molecule has 1 N–H and O–H groups in total. The van der Waals surface area contributed by atoms with E-state index in [1.807, 2.05) is 0 Å². The molecule has 0 aliphatic heterocycles. The molecule has 0 aliphatic carbocycles. The molecule has 8 heteroatoms. The molecule has 2 rings (SSSR count). The molecule has 0 atom stereocenters. The van der Waals surface area contributed by atoms with Gasteiger partial charge in [-0.05, 0) is 18.6 Å². The van der Waals surface area contributed by atoms with Crippen LogP contribution in [0.4, 0.5) is 33.3 Å². The van der Waals surface area contributed by atoms with E-state index < -0.39 is 34.8 Å². The Kier molecular flexibility index (Phi) is 3.88. The quantitative estimate of drug-likeness (QED) is 0.368. The molecular weight excluding hydrogens is 295 g/mol. The molecule has 0 radical (unpaired) electrons. The van der Waals surface area contributed by atoms with Crippen molar-refractivity contribution in [2.24, 2.45) is 10.2 Å². The lowest BCUT2D eigenvalue weighted by Crippen LogP contribution is -2.00. The molecule has 3 nitrogen and oxygen atoms in total. The molecular formula is C13H7F5N2O. The molecule has 0 heterocycles. The Morgan fingerprint density at radius 2 is 1.33 bits per heavy atom. The number of azo groups is 1. The van der Waals surface area contributed by atoms with E-state index in [4.69, 9.17) is 0 Å². The number of para-hydroxylation sites is 1. The van der Waals surface area contributed by atoms with Crippen LogP contribution in [-0.4, -0.2) is 5.11 Å². The predicted octanol–water partition coefficient (Wildman–Crippen LogP) is 4.81. The number of phenolic OH excluding ortho intramolecular Hbond substituents is 1. The first-order valence-corrected chi connectivity index (χ1v) is 5.56. The third-order valence-electron chi connectivity index (χ3n) is 2.66. The first-order valence-electron chi connectivity index (χ1n) is 5.56. The second-order valence-corrected chi connectivity index (χ2v) is 4.06. The van der Waals surface area contributed by atoms with Crippen LogP contribution in [0.2, 0.25) is 0 Å². The van der Waals surface area contributed by atoms with Gasteiger partial charge in [0.05, 0.1) is 0 Å². The number of nitrogens with zero attached hydrogens (tertiary/aromatic N) is 2. The van der Waals surface area contributed by atoms with E-state index in [-0.39, 0.29) is 11.4 Å². The summed E-state index contributed by atoms with van der Waals surface area (Å²) in [6.45, 7) is 1.53. The van der Waals surface area contributed by atoms with Gasteiger partial charge in [0.25, 0.3) is 0 Å². The first kappa shape index (κ1) is 14.9. The Morgan fingerprint density at radius 1 is 0.810 bits per heavy atom. The third-order valence-corrected chi connectivity index (χ3v) is 2.66. The zero-order chi connectivity index (χ0) is 15.7. The van der Waals surface area contributed by atoms with Gasteiger partial charge in [0.2, 0.25) is 5.82 Å². The van der Waals surface area contributed by atoms with Gasteiger partial charge in [0.15, 0.2) is 29.0 Å². The summed E-state index contributed by atoms with van der Waals surface area (Å²) in [7, 11) is 0. The van der Waals surface area contributed by atoms with Gasteiger partial charge in [-0.2, -0.15) is 0 Å². The highest BCUT2D eigenvalue weighted by molar-refractivity contribution is 5.54. The summed E-state index contributed by atoms with van der Waals surface area (Å²) in [5, 5.41) is 15.9. The number of benzene rings is 2. The molecule has 0 saturated heterocycles. The zero-order valence-electron chi connectivity index (χ0n) is 10.5. The number of aromatic hydroxyl groups is 1. The Hall–Kier alpha value is -2.51. The monoisotopic (exact) mass is 302 g/mol. The lowest BCUT2D eigenvalue weighted by molar-refractivity contribution is 0.380. The summed E-state index contributed by atoms with van der Waals surface area (Å²) in [6, 6.07) is 4.27. The number of phenols is 1. The maximum Gasteiger partial charge on any atom is 0.200 e. The van der Waals surface area contributed by atoms with Crippen molar-refractivity contribution >= 4 is 11.4 Å². The predicted molar refractivity (Wildman–Crippen MR) is 63.3 cm³/mol. The largest absolute Gasteiger partial charge is 0.505 e. The van der Waals surface area contributed by atoms with Gasteiger partial charge in [0, 0.05) is 0 Å². The van der Waals surface area contributed by atoms with Crippen molar-refractivity contribution in [3.63, 3.8) is 0 Å². The Morgan fingerprint density at radius 3 is 1.90 bits per heavy atom. The Bertz CT molecular complexity index is 717. The average molecular weight is 302 g/mol. The molecule has 0 aromatic heterocycles. The Balaban J connectivity index is 2.54. The van der Waals surface area contributed by atoms with Crippen LogP contribution in [0.1, 0.15) is 5.56 Å². The summed E-state index contributed by atoms with van der Waals surface area (Å²) < 4.78 is 65.5. The van der Waals surface area contributed by atoms with E-state index in [0.717, 1.165) is 0 Å². The van der Waals surface area contributed by atoms with E-state index in [9.17, 15) is 27.1 Å². The van der Waals surface area contributed by atoms with Gasteiger partial charge in [-0.15, -0.1) is 10.2 Å². The normalized spacial score (nSPS) is 11.3. The SMILES string of the molecule is Cc1cccc(N=Nc2c(F)c(F)c(F)c(F)c2F)c1O. The molecule has 2 aromatic carbocycles. The maximum atomic E-state index is 13.3. The number of hydrogen-bond acceptors (Lipinski definition) is 3. The second-order valence-electron chi connectivity index (χ2n) is 4.06. The number of halogens is 5. The summed E-state index contributed by atoms with van der Waals surface area (Å²) in [4.78, 5) is 0. The van der Waals surface area contributed by atoms with Crippen LogP contribution in [-0.2, 0) is 0 Å². The van der Waals surface area contributed by atoms with Gasteiger partial charge >= 0.3 is 0 Å². The minimum atomic E-state index is -2.28. The molecule has 0 bridgehead atoms. The fourth-order valence-corrected chi connectivity index (χ4v) is 1.51. The van der Waals surface area contributed by atoms with Crippen LogP contribution in [0.25, 0.3) is 0 Å². The maximum absolute atomic E-state index is 13.3. The number of rotatable bonds is 2. The molecule has 0 aliphatic rings. The lowest BCUT2D eigenvalue weighted by atomic mass is 10.2. The van der Waals surface area contributed by atoms with Crippen molar-refractivity contribution < 1.29 is 27.1 Å². The summed E-state index contributed by atoms with van der Waals surface area (Å²) >= 11 is 0. The smallest absolute Gasteiger partial charge is 0.200 e. The second kappa shape index (κ2) is 5.47. The van der Waals surface area contributed by atoms with Gasteiger partial charge < -0.3 is 5.11 Å². The topological polar surface area (TPSA) is 45.0 Å². The molecule has 110 valence electrons. The highest BCUT2D eigenvalue weighted by Gasteiger charge is 2.25. The van der Waals surface area contributed by atoms with Crippen molar-refractivity contribution in [1.82, 2.24) is 0 Å². The van der Waals surface area contributed by atoms with Crippen molar-refractivity contribution in [3.05, 3.63) is 52.8 Å². The van der Waals surface area contributed by atoms with Crippen LogP contribution in [0.3, 0.4) is 0 Å².